The minimum atomic E-state index is -0.560. The van der Waals surface area contributed by atoms with Crippen LogP contribution < -0.4 is 4.74 Å². The number of nitrogens with zero attached hydrogens (tertiary/aromatic N) is 2. The molecule has 0 saturated carbocycles. The number of rotatable bonds is 6. The molecule has 0 N–H and O–H groups in total. The summed E-state index contributed by atoms with van der Waals surface area (Å²) in [7, 11) is 0. The van der Waals surface area contributed by atoms with E-state index in [1.807, 2.05) is 30.3 Å². The topological polar surface area (TPSA) is 65.2 Å². The maximum absolute atomic E-state index is 13.4. The zero-order valence-corrected chi connectivity index (χ0v) is 12.8. The van der Waals surface area contributed by atoms with E-state index in [1.54, 1.807) is 6.07 Å². The molecule has 3 rings (SSSR count). The molecular weight excluding hydrogens is 311 g/mol. The number of hydrogen-bond acceptors (Lipinski definition) is 5. The fourth-order valence-corrected chi connectivity index (χ4v) is 2.14. The van der Waals surface area contributed by atoms with E-state index in [2.05, 4.69) is 10.2 Å². The summed E-state index contributed by atoms with van der Waals surface area (Å²) in [5, 5.41) is 7.94. The van der Waals surface area contributed by atoms with Crippen LogP contribution in [0.15, 0.2) is 59.0 Å². The summed E-state index contributed by atoms with van der Waals surface area (Å²) in [6, 6.07) is 15.2. The lowest BCUT2D eigenvalue weighted by atomic mass is 10.2. The molecule has 122 valence electrons. The molecule has 0 atom stereocenters. The summed E-state index contributed by atoms with van der Waals surface area (Å²) >= 11 is 0. The molecule has 1 heterocycles. The normalized spacial score (nSPS) is 10.5. The fraction of sp³-hybridized carbons (Fsp3) is 0.167. The molecule has 0 aliphatic heterocycles. The van der Waals surface area contributed by atoms with Gasteiger partial charge < -0.3 is 9.15 Å². The van der Waals surface area contributed by atoms with Crippen LogP contribution in [-0.2, 0) is 11.2 Å². The molecule has 3 aromatic rings. The smallest absolute Gasteiger partial charge is 0.311 e. The van der Waals surface area contributed by atoms with E-state index < -0.39 is 11.8 Å². The Balaban J connectivity index is 1.49. The van der Waals surface area contributed by atoms with Gasteiger partial charge in [-0.25, -0.2) is 4.39 Å². The van der Waals surface area contributed by atoms with Crippen molar-refractivity contribution in [1.29, 1.82) is 0 Å². The van der Waals surface area contributed by atoms with Gasteiger partial charge in [-0.15, -0.1) is 10.2 Å². The van der Waals surface area contributed by atoms with E-state index in [0.29, 0.717) is 24.6 Å². The molecular formula is C18H15FN2O3. The molecule has 0 spiro atoms. The quantitative estimate of drug-likeness (QED) is 0.509. The number of carbonyl (C=O) groups excluding carboxylic acids is 1. The van der Waals surface area contributed by atoms with Gasteiger partial charge in [-0.2, -0.15) is 0 Å². The van der Waals surface area contributed by atoms with Crippen LogP contribution in [0.5, 0.6) is 5.75 Å². The van der Waals surface area contributed by atoms with Crippen LogP contribution in [0.2, 0.25) is 0 Å². The van der Waals surface area contributed by atoms with Crippen molar-refractivity contribution >= 4 is 5.97 Å². The zero-order chi connectivity index (χ0) is 16.8. The Hall–Kier alpha value is -3.02. The van der Waals surface area contributed by atoms with Crippen LogP contribution >= 0.6 is 0 Å². The Labute approximate surface area is 138 Å². The number of para-hydroxylation sites is 1. The average Bonchev–Trinajstić information content (AvgIpc) is 3.07. The summed E-state index contributed by atoms with van der Waals surface area (Å²) in [6.45, 7) is 0. The Morgan fingerprint density at radius 1 is 1.04 bits per heavy atom. The highest BCUT2D eigenvalue weighted by Crippen LogP contribution is 2.19. The van der Waals surface area contributed by atoms with Gasteiger partial charge in [-0.3, -0.25) is 4.79 Å². The summed E-state index contributed by atoms with van der Waals surface area (Å²) < 4.78 is 23.9. The molecule has 0 bridgehead atoms. The fourth-order valence-electron chi connectivity index (χ4n) is 2.14. The van der Waals surface area contributed by atoms with E-state index in [0.717, 1.165) is 5.56 Å². The van der Waals surface area contributed by atoms with E-state index in [1.165, 1.54) is 18.2 Å². The van der Waals surface area contributed by atoms with Crippen LogP contribution in [0, 0.1) is 5.82 Å². The van der Waals surface area contributed by atoms with E-state index in [9.17, 15) is 9.18 Å². The Morgan fingerprint density at radius 3 is 2.58 bits per heavy atom. The third kappa shape index (κ3) is 4.04. The lowest BCUT2D eigenvalue weighted by molar-refractivity contribution is -0.134. The Morgan fingerprint density at radius 2 is 1.79 bits per heavy atom. The van der Waals surface area contributed by atoms with Crippen molar-refractivity contribution in [2.45, 2.75) is 19.3 Å². The number of ether oxygens (including phenoxy) is 1. The van der Waals surface area contributed by atoms with Crippen LogP contribution in [0.1, 0.15) is 18.7 Å². The van der Waals surface area contributed by atoms with Gasteiger partial charge in [0.25, 0.3) is 0 Å². The van der Waals surface area contributed by atoms with Gasteiger partial charge in [0.2, 0.25) is 11.8 Å². The number of halogens is 1. The second kappa shape index (κ2) is 7.50. The van der Waals surface area contributed by atoms with Crippen molar-refractivity contribution in [2.75, 3.05) is 0 Å². The van der Waals surface area contributed by atoms with Gasteiger partial charge in [-0.05, 0) is 30.7 Å². The predicted octanol–water partition coefficient (Wildman–Crippen LogP) is 3.80. The highest BCUT2D eigenvalue weighted by molar-refractivity contribution is 5.72. The number of benzene rings is 2. The maximum Gasteiger partial charge on any atom is 0.311 e. The number of hydrogen-bond donors (Lipinski definition) is 0. The molecule has 0 amide bonds. The van der Waals surface area contributed by atoms with Gasteiger partial charge in [0.1, 0.15) is 0 Å². The monoisotopic (exact) mass is 326 g/mol. The molecule has 2 aromatic carbocycles. The summed E-state index contributed by atoms with van der Waals surface area (Å²) in [5.74, 6) is -0.225. The molecule has 0 radical (unpaired) electrons. The molecule has 6 heteroatoms. The van der Waals surface area contributed by atoms with Crippen molar-refractivity contribution < 1.29 is 18.3 Å². The molecule has 0 aliphatic rings. The van der Waals surface area contributed by atoms with Crippen LogP contribution in [-0.4, -0.2) is 16.2 Å². The first-order valence-corrected chi connectivity index (χ1v) is 7.55. The van der Waals surface area contributed by atoms with Gasteiger partial charge in [0.05, 0.1) is 0 Å². The summed E-state index contributed by atoms with van der Waals surface area (Å²) in [4.78, 5) is 11.7. The number of aryl methyl sites for hydroxylation is 1. The van der Waals surface area contributed by atoms with E-state index in [-0.39, 0.29) is 12.2 Å². The molecule has 0 fully saturated rings. The molecule has 0 saturated heterocycles. The summed E-state index contributed by atoms with van der Waals surface area (Å²) in [6.07, 6.45) is 1.06. The van der Waals surface area contributed by atoms with Gasteiger partial charge >= 0.3 is 5.97 Å². The third-order valence-electron chi connectivity index (χ3n) is 3.32. The van der Waals surface area contributed by atoms with Crippen molar-refractivity contribution in [3.05, 3.63) is 66.3 Å². The molecule has 0 unspecified atom stereocenters. The third-order valence-corrected chi connectivity index (χ3v) is 3.32. The minimum absolute atomic E-state index is 0.0633. The number of carbonyl (C=O) groups is 1. The van der Waals surface area contributed by atoms with Crippen LogP contribution in [0.3, 0.4) is 0 Å². The Kier molecular flexibility index (Phi) is 4.96. The van der Waals surface area contributed by atoms with Crippen LogP contribution in [0.25, 0.3) is 11.5 Å². The second-order valence-electron chi connectivity index (χ2n) is 5.13. The average molecular weight is 326 g/mol. The standard InChI is InChI=1S/C18H15FN2O3/c19-14-9-4-5-10-15(14)23-17(22)12-6-11-16-20-21-18(24-16)13-7-2-1-3-8-13/h1-5,7-10H,6,11-12H2. The molecule has 24 heavy (non-hydrogen) atoms. The van der Waals surface area contributed by atoms with Gasteiger partial charge in [0.15, 0.2) is 11.6 Å². The largest absolute Gasteiger partial charge is 0.423 e. The van der Waals surface area contributed by atoms with E-state index >= 15 is 0 Å². The highest BCUT2D eigenvalue weighted by Gasteiger charge is 2.11. The first-order valence-electron chi connectivity index (χ1n) is 7.55. The Bertz CT molecular complexity index is 818. The molecule has 0 aliphatic carbocycles. The van der Waals surface area contributed by atoms with Crippen molar-refractivity contribution in [3.63, 3.8) is 0 Å². The van der Waals surface area contributed by atoms with E-state index in [4.69, 9.17) is 9.15 Å². The van der Waals surface area contributed by atoms with Crippen molar-refractivity contribution in [1.82, 2.24) is 10.2 Å². The zero-order valence-electron chi connectivity index (χ0n) is 12.8. The second-order valence-corrected chi connectivity index (χ2v) is 5.13. The van der Waals surface area contributed by atoms with Gasteiger partial charge in [0, 0.05) is 18.4 Å². The maximum atomic E-state index is 13.4. The molecule has 5 nitrogen and oxygen atoms in total. The number of esters is 1. The van der Waals surface area contributed by atoms with Gasteiger partial charge in [-0.1, -0.05) is 30.3 Å². The highest BCUT2D eigenvalue weighted by atomic mass is 19.1. The predicted molar refractivity (Wildman–Crippen MR) is 84.7 cm³/mol. The SMILES string of the molecule is O=C(CCCc1nnc(-c2ccccc2)o1)Oc1ccccc1F. The van der Waals surface area contributed by atoms with Crippen LogP contribution in [0.4, 0.5) is 4.39 Å². The summed E-state index contributed by atoms with van der Waals surface area (Å²) in [5.41, 5.74) is 0.843. The molecule has 1 aromatic heterocycles. The number of aromatic nitrogens is 2. The van der Waals surface area contributed by atoms with Crippen molar-refractivity contribution in [3.8, 4) is 17.2 Å². The first-order chi connectivity index (χ1) is 11.7. The minimum Gasteiger partial charge on any atom is -0.423 e. The first kappa shape index (κ1) is 15.9. The lowest BCUT2D eigenvalue weighted by Crippen LogP contribution is -2.09. The lowest BCUT2D eigenvalue weighted by Gasteiger charge is -2.04. The van der Waals surface area contributed by atoms with Crippen molar-refractivity contribution in [2.24, 2.45) is 0 Å².